The zero-order valence-electron chi connectivity index (χ0n) is 13.2. The number of carbonyl (C=O) groups excluding carboxylic acids is 1. The summed E-state index contributed by atoms with van der Waals surface area (Å²) in [5, 5.41) is 2.96. The van der Waals surface area contributed by atoms with Gasteiger partial charge in [-0.15, -0.1) is 0 Å². The molecule has 1 amide bonds. The predicted octanol–water partition coefficient (Wildman–Crippen LogP) is 3.89. The molecule has 0 spiro atoms. The van der Waals surface area contributed by atoms with Crippen molar-refractivity contribution in [1.82, 2.24) is 4.90 Å². The lowest BCUT2D eigenvalue weighted by Crippen LogP contribution is -2.22. The molecule has 2 aromatic carbocycles. The van der Waals surface area contributed by atoms with Crippen LogP contribution in [0.25, 0.3) is 0 Å². The summed E-state index contributed by atoms with van der Waals surface area (Å²) in [6, 6.07) is 18.5. The topological polar surface area (TPSA) is 32.3 Å². The van der Waals surface area contributed by atoms with Gasteiger partial charge in [0.05, 0.1) is 0 Å². The van der Waals surface area contributed by atoms with Crippen LogP contribution in [0.1, 0.15) is 41.1 Å². The van der Waals surface area contributed by atoms with Crippen molar-refractivity contribution >= 4 is 11.6 Å². The maximum absolute atomic E-state index is 12.2. The Kier molecular flexibility index (Phi) is 3.88. The minimum atomic E-state index is -0.0558. The van der Waals surface area contributed by atoms with Crippen LogP contribution in [0.3, 0.4) is 0 Å². The fourth-order valence-electron chi connectivity index (χ4n) is 3.62. The number of amides is 1. The largest absolute Gasteiger partial charge is 0.322 e. The molecular formula is C20H22N2O. The van der Waals surface area contributed by atoms with Crippen LogP contribution in [0.2, 0.25) is 0 Å². The molecule has 1 N–H and O–H groups in total. The summed E-state index contributed by atoms with van der Waals surface area (Å²) >= 11 is 0. The van der Waals surface area contributed by atoms with E-state index >= 15 is 0 Å². The molecule has 2 aliphatic rings. The van der Waals surface area contributed by atoms with Crippen LogP contribution < -0.4 is 5.32 Å². The number of nitrogens with one attached hydrogen (secondary N) is 1. The molecule has 1 saturated heterocycles. The van der Waals surface area contributed by atoms with Gasteiger partial charge in [0.1, 0.15) is 0 Å². The van der Waals surface area contributed by atoms with E-state index in [2.05, 4.69) is 22.3 Å². The quantitative estimate of drug-likeness (QED) is 0.929. The summed E-state index contributed by atoms with van der Waals surface area (Å²) in [6.45, 7) is 2.54. The average molecular weight is 306 g/mol. The summed E-state index contributed by atoms with van der Waals surface area (Å²) < 4.78 is 0. The number of nitrogens with zero attached hydrogens (tertiary/aromatic N) is 1. The second kappa shape index (κ2) is 6.17. The number of hydrogen-bond donors (Lipinski definition) is 1. The van der Waals surface area contributed by atoms with Crippen LogP contribution in [0.15, 0.2) is 54.6 Å². The van der Waals surface area contributed by atoms with Gasteiger partial charge in [0, 0.05) is 23.2 Å². The highest BCUT2D eigenvalue weighted by Gasteiger charge is 2.43. The van der Waals surface area contributed by atoms with E-state index in [0.717, 1.165) is 11.7 Å². The van der Waals surface area contributed by atoms with E-state index in [1.807, 2.05) is 42.5 Å². The van der Waals surface area contributed by atoms with E-state index in [1.165, 1.54) is 37.9 Å². The lowest BCUT2D eigenvalue weighted by Gasteiger charge is -2.14. The first-order chi connectivity index (χ1) is 11.3. The van der Waals surface area contributed by atoms with E-state index in [4.69, 9.17) is 0 Å². The van der Waals surface area contributed by atoms with E-state index in [-0.39, 0.29) is 5.91 Å². The number of hydrogen-bond acceptors (Lipinski definition) is 2. The average Bonchev–Trinajstić information content (AvgIpc) is 3.21. The molecule has 1 aliphatic heterocycles. The van der Waals surface area contributed by atoms with Gasteiger partial charge in [0.2, 0.25) is 0 Å². The van der Waals surface area contributed by atoms with Crippen LogP contribution >= 0.6 is 0 Å². The van der Waals surface area contributed by atoms with Crippen molar-refractivity contribution in [3.8, 4) is 0 Å². The van der Waals surface area contributed by atoms with Gasteiger partial charge in [0.25, 0.3) is 5.91 Å². The third-order valence-corrected chi connectivity index (χ3v) is 5.00. The van der Waals surface area contributed by atoms with Crippen molar-refractivity contribution in [2.24, 2.45) is 0 Å². The molecular weight excluding hydrogens is 284 g/mol. The predicted molar refractivity (Wildman–Crippen MR) is 92.8 cm³/mol. The zero-order valence-corrected chi connectivity index (χ0v) is 13.2. The van der Waals surface area contributed by atoms with Gasteiger partial charge < -0.3 is 5.32 Å². The number of benzene rings is 2. The maximum Gasteiger partial charge on any atom is 0.255 e. The molecule has 1 aliphatic carbocycles. The number of anilines is 1. The highest BCUT2D eigenvalue weighted by Crippen LogP contribution is 2.45. The summed E-state index contributed by atoms with van der Waals surface area (Å²) in [5.41, 5.74) is 2.95. The van der Waals surface area contributed by atoms with Crippen LogP contribution in [0.4, 0.5) is 5.69 Å². The first kappa shape index (κ1) is 14.5. The van der Waals surface area contributed by atoms with Gasteiger partial charge >= 0.3 is 0 Å². The van der Waals surface area contributed by atoms with Crippen molar-refractivity contribution in [3.63, 3.8) is 0 Å². The van der Waals surface area contributed by atoms with Crippen LogP contribution in [-0.2, 0) is 0 Å². The van der Waals surface area contributed by atoms with Gasteiger partial charge in [-0.05, 0) is 62.2 Å². The number of likely N-dealkylation sites (tertiary alicyclic amines) is 1. The molecule has 2 atom stereocenters. The normalized spacial score (nSPS) is 23.7. The van der Waals surface area contributed by atoms with Crippen LogP contribution in [0, 0.1) is 0 Å². The smallest absolute Gasteiger partial charge is 0.255 e. The summed E-state index contributed by atoms with van der Waals surface area (Å²) in [4.78, 5) is 14.8. The van der Waals surface area contributed by atoms with Crippen molar-refractivity contribution in [3.05, 3.63) is 65.7 Å². The van der Waals surface area contributed by atoms with Gasteiger partial charge in [0.15, 0.2) is 0 Å². The fraction of sp³-hybridized carbons (Fsp3) is 0.350. The van der Waals surface area contributed by atoms with E-state index in [9.17, 15) is 4.79 Å². The molecule has 23 heavy (non-hydrogen) atoms. The van der Waals surface area contributed by atoms with Gasteiger partial charge in [-0.25, -0.2) is 0 Å². The Morgan fingerprint density at radius 3 is 2.35 bits per heavy atom. The first-order valence-corrected chi connectivity index (χ1v) is 8.52. The summed E-state index contributed by atoms with van der Waals surface area (Å²) in [7, 11) is 0. The van der Waals surface area contributed by atoms with Gasteiger partial charge in [-0.1, -0.05) is 30.3 Å². The molecule has 3 heteroatoms. The highest BCUT2D eigenvalue weighted by atomic mass is 16.1. The highest BCUT2D eigenvalue weighted by molar-refractivity contribution is 6.04. The standard InChI is InChI=1S/C20H22N2O/c23-20(16-6-2-1-3-7-16)21-17-10-8-15(9-11-17)18-14-19(18)22-12-4-5-13-22/h1-3,6-11,18-19H,4-5,12-14H2,(H,21,23). The third-order valence-electron chi connectivity index (χ3n) is 5.00. The lowest BCUT2D eigenvalue weighted by atomic mass is 10.1. The van der Waals surface area contributed by atoms with Gasteiger partial charge in [-0.3, -0.25) is 9.69 Å². The van der Waals surface area contributed by atoms with Crippen molar-refractivity contribution < 1.29 is 4.79 Å². The Morgan fingerprint density at radius 1 is 0.957 bits per heavy atom. The second-order valence-electron chi connectivity index (χ2n) is 6.59. The van der Waals surface area contributed by atoms with Crippen LogP contribution in [-0.4, -0.2) is 29.9 Å². The summed E-state index contributed by atoms with van der Waals surface area (Å²) in [5.74, 6) is 0.631. The molecule has 3 nitrogen and oxygen atoms in total. The van der Waals surface area contributed by atoms with E-state index in [0.29, 0.717) is 11.5 Å². The molecule has 0 bridgehead atoms. The second-order valence-corrected chi connectivity index (χ2v) is 6.59. The Labute approximate surface area is 137 Å². The number of rotatable bonds is 4. The Morgan fingerprint density at radius 2 is 1.65 bits per heavy atom. The third kappa shape index (κ3) is 3.15. The molecule has 0 radical (unpaired) electrons. The van der Waals surface area contributed by atoms with Crippen molar-refractivity contribution in [2.75, 3.05) is 18.4 Å². The molecule has 1 saturated carbocycles. The van der Waals surface area contributed by atoms with Crippen molar-refractivity contribution in [1.29, 1.82) is 0 Å². The van der Waals surface area contributed by atoms with Gasteiger partial charge in [-0.2, -0.15) is 0 Å². The molecule has 4 rings (SSSR count). The molecule has 0 aromatic heterocycles. The Bertz CT molecular complexity index is 675. The minimum absolute atomic E-state index is 0.0558. The maximum atomic E-state index is 12.2. The van der Waals surface area contributed by atoms with Crippen molar-refractivity contribution in [2.45, 2.75) is 31.2 Å². The zero-order chi connectivity index (χ0) is 15.6. The Balaban J connectivity index is 1.38. The molecule has 2 unspecified atom stereocenters. The summed E-state index contributed by atoms with van der Waals surface area (Å²) in [6.07, 6.45) is 4.00. The monoisotopic (exact) mass is 306 g/mol. The van der Waals surface area contributed by atoms with Crippen LogP contribution in [0.5, 0.6) is 0 Å². The van der Waals surface area contributed by atoms with E-state index < -0.39 is 0 Å². The fourth-order valence-corrected chi connectivity index (χ4v) is 3.62. The molecule has 2 aromatic rings. The first-order valence-electron chi connectivity index (χ1n) is 8.52. The van der Waals surface area contributed by atoms with E-state index in [1.54, 1.807) is 0 Å². The minimum Gasteiger partial charge on any atom is -0.322 e. The Hall–Kier alpha value is -2.13. The molecule has 2 fully saturated rings. The molecule has 1 heterocycles. The lowest BCUT2D eigenvalue weighted by molar-refractivity contribution is 0.102. The SMILES string of the molecule is O=C(Nc1ccc(C2CC2N2CCCC2)cc1)c1ccccc1. The number of carbonyl (C=O) groups is 1. The molecule has 118 valence electrons.